The lowest BCUT2D eigenvalue weighted by Gasteiger charge is -2.08. The van der Waals surface area contributed by atoms with Crippen LogP contribution >= 0.6 is 0 Å². The Kier molecular flexibility index (Phi) is 7.16. The Morgan fingerprint density at radius 1 is 0.886 bits per heavy atom. The number of hydrogen-bond acceptors (Lipinski definition) is 7. The van der Waals surface area contributed by atoms with Crippen molar-refractivity contribution in [1.29, 1.82) is 0 Å². The van der Waals surface area contributed by atoms with E-state index in [0.717, 1.165) is 12.0 Å². The largest absolute Gasteiger partial charge is 0.493 e. The molecule has 1 heterocycles. The zero-order valence-corrected chi connectivity index (χ0v) is 19.6. The van der Waals surface area contributed by atoms with Crippen LogP contribution in [0.1, 0.15) is 18.1 Å². The summed E-state index contributed by atoms with van der Waals surface area (Å²) < 4.78 is 27.1. The van der Waals surface area contributed by atoms with Crippen LogP contribution in [0.5, 0.6) is 28.7 Å². The van der Waals surface area contributed by atoms with Crippen molar-refractivity contribution in [2.24, 2.45) is 0 Å². The SMILES string of the molecule is CCc1ccc(Oc2coc3cc(OC(=O)C=Cc4ccc(OC)c(OC)c4)ccc3c2=O)cc1. The summed E-state index contributed by atoms with van der Waals surface area (Å²) in [6.45, 7) is 2.06. The van der Waals surface area contributed by atoms with E-state index in [1.54, 1.807) is 43.5 Å². The highest BCUT2D eigenvalue weighted by molar-refractivity contribution is 5.89. The first-order valence-electron chi connectivity index (χ1n) is 10.9. The molecule has 0 aliphatic carbocycles. The summed E-state index contributed by atoms with van der Waals surface area (Å²) in [5.41, 5.74) is 1.86. The zero-order valence-electron chi connectivity index (χ0n) is 19.6. The Morgan fingerprint density at radius 3 is 2.34 bits per heavy atom. The maximum Gasteiger partial charge on any atom is 0.336 e. The molecule has 0 saturated carbocycles. The van der Waals surface area contributed by atoms with E-state index in [1.807, 2.05) is 12.1 Å². The lowest BCUT2D eigenvalue weighted by atomic mass is 10.2. The molecule has 7 nitrogen and oxygen atoms in total. The molecular weight excluding hydrogens is 448 g/mol. The maximum atomic E-state index is 12.8. The number of ether oxygens (including phenoxy) is 4. The molecule has 0 bridgehead atoms. The molecule has 0 radical (unpaired) electrons. The molecule has 0 spiro atoms. The second-order valence-electron chi connectivity index (χ2n) is 7.56. The van der Waals surface area contributed by atoms with E-state index in [-0.39, 0.29) is 22.5 Å². The molecule has 0 unspecified atom stereocenters. The lowest BCUT2D eigenvalue weighted by molar-refractivity contribution is -0.128. The first-order valence-corrected chi connectivity index (χ1v) is 10.9. The third-order valence-corrected chi connectivity index (χ3v) is 5.31. The summed E-state index contributed by atoms with van der Waals surface area (Å²) in [6.07, 6.45) is 5.06. The highest BCUT2D eigenvalue weighted by Crippen LogP contribution is 2.28. The highest BCUT2D eigenvalue weighted by Gasteiger charge is 2.11. The molecular formula is C28H24O7. The summed E-state index contributed by atoms with van der Waals surface area (Å²) in [5, 5.41) is 0.313. The molecule has 178 valence electrons. The molecule has 0 N–H and O–H groups in total. The van der Waals surface area contributed by atoms with Gasteiger partial charge in [0.2, 0.25) is 11.2 Å². The van der Waals surface area contributed by atoms with Crippen LogP contribution in [-0.2, 0) is 11.2 Å². The molecule has 0 saturated heterocycles. The summed E-state index contributed by atoms with van der Waals surface area (Å²) in [4.78, 5) is 25.1. The fourth-order valence-corrected chi connectivity index (χ4v) is 3.42. The topological polar surface area (TPSA) is 84.2 Å². The Morgan fingerprint density at radius 2 is 1.63 bits per heavy atom. The average molecular weight is 472 g/mol. The molecule has 4 aromatic rings. The van der Waals surface area contributed by atoms with E-state index < -0.39 is 5.97 Å². The third kappa shape index (κ3) is 5.52. The quantitative estimate of drug-likeness (QED) is 0.182. The number of carbonyl (C=O) groups is 1. The van der Waals surface area contributed by atoms with Gasteiger partial charge in [-0.25, -0.2) is 4.79 Å². The van der Waals surface area contributed by atoms with Crippen LogP contribution in [0.2, 0.25) is 0 Å². The van der Waals surface area contributed by atoms with E-state index in [4.69, 9.17) is 23.4 Å². The number of hydrogen-bond donors (Lipinski definition) is 0. The summed E-state index contributed by atoms with van der Waals surface area (Å²) in [6, 6.07) is 17.3. The van der Waals surface area contributed by atoms with E-state index >= 15 is 0 Å². The van der Waals surface area contributed by atoms with Crippen molar-refractivity contribution in [3.63, 3.8) is 0 Å². The van der Waals surface area contributed by atoms with Gasteiger partial charge in [-0.05, 0) is 60.0 Å². The maximum absolute atomic E-state index is 12.8. The van der Waals surface area contributed by atoms with Crippen LogP contribution < -0.4 is 24.4 Å². The summed E-state index contributed by atoms with van der Waals surface area (Å²) in [5.74, 6) is 1.41. The fraction of sp³-hybridized carbons (Fsp3) is 0.143. The summed E-state index contributed by atoms with van der Waals surface area (Å²) in [7, 11) is 3.09. The van der Waals surface area contributed by atoms with Gasteiger partial charge >= 0.3 is 5.97 Å². The minimum atomic E-state index is -0.586. The van der Waals surface area contributed by atoms with Gasteiger partial charge in [-0.2, -0.15) is 0 Å². The first kappa shape index (κ1) is 23.6. The van der Waals surface area contributed by atoms with Crippen LogP contribution in [0.25, 0.3) is 17.0 Å². The van der Waals surface area contributed by atoms with E-state index in [2.05, 4.69) is 6.92 Å². The Hall–Kier alpha value is -4.52. The number of rotatable bonds is 8. The summed E-state index contributed by atoms with van der Waals surface area (Å²) >= 11 is 0. The molecule has 0 aliphatic heterocycles. The normalized spacial score (nSPS) is 10.9. The molecule has 0 fully saturated rings. The Labute approximate surface area is 202 Å². The van der Waals surface area contributed by atoms with Crippen molar-refractivity contribution in [2.45, 2.75) is 13.3 Å². The molecule has 0 aliphatic rings. The minimum absolute atomic E-state index is 0.0735. The monoisotopic (exact) mass is 472 g/mol. The number of aryl methyl sites for hydroxylation is 1. The molecule has 7 heteroatoms. The smallest absolute Gasteiger partial charge is 0.336 e. The van der Waals surface area contributed by atoms with Gasteiger partial charge in [0.15, 0.2) is 11.5 Å². The molecule has 35 heavy (non-hydrogen) atoms. The third-order valence-electron chi connectivity index (χ3n) is 5.31. The molecule has 3 aromatic carbocycles. The van der Waals surface area contributed by atoms with Gasteiger partial charge in [0.25, 0.3) is 0 Å². The van der Waals surface area contributed by atoms with Crippen LogP contribution in [0.4, 0.5) is 0 Å². The number of fused-ring (bicyclic) bond motifs is 1. The standard InChI is InChI=1S/C28H24O7/c1-4-18-5-9-20(10-6-18)34-26-17-33-24-16-21(11-12-22(24)28(26)30)35-27(29)14-8-19-7-13-23(31-2)25(15-19)32-3/h5-17H,4H2,1-3H3. The predicted octanol–water partition coefficient (Wildman–Crippen LogP) is 5.78. The molecule has 1 aromatic heterocycles. The van der Waals surface area contributed by atoms with Gasteiger partial charge in [-0.15, -0.1) is 0 Å². The van der Waals surface area contributed by atoms with Crippen molar-refractivity contribution in [3.8, 4) is 28.7 Å². The number of esters is 1. The number of methoxy groups -OCH3 is 2. The van der Waals surface area contributed by atoms with Crippen molar-refractivity contribution in [3.05, 3.63) is 94.4 Å². The Bertz CT molecular complexity index is 1430. The fourth-order valence-electron chi connectivity index (χ4n) is 3.42. The van der Waals surface area contributed by atoms with Crippen LogP contribution in [0.15, 0.2) is 82.2 Å². The van der Waals surface area contributed by atoms with Gasteiger partial charge in [0.1, 0.15) is 23.3 Å². The zero-order chi connectivity index (χ0) is 24.8. The second-order valence-corrected chi connectivity index (χ2v) is 7.56. The van der Waals surface area contributed by atoms with Gasteiger partial charge in [-0.1, -0.05) is 25.1 Å². The predicted molar refractivity (Wildman–Crippen MR) is 133 cm³/mol. The van der Waals surface area contributed by atoms with E-state index in [9.17, 15) is 9.59 Å². The van der Waals surface area contributed by atoms with Gasteiger partial charge in [-0.3, -0.25) is 4.79 Å². The average Bonchev–Trinajstić information content (AvgIpc) is 2.89. The molecule has 4 rings (SSSR count). The van der Waals surface area contributed by atoms with Gasteiger partial charge in [0, 0.05) is 12.1 Å². The van der Waals surface area contributed by atoms with Crippen LogP contribution in [-0.4, -0.2) is 20.2 Å². The minimum Gasteiger partial charge on any atom is -0.493 e. The van der Waals surface area contributed by atoms with Crippen LogP contribution in [0, 0.1) is 0 Å². The first-order chi connectivity index (χ1) is 17.0. The second kappa shape index (κ2) is 10.6. The van der Waals surface area contributed by atoms with Gasteiger partial charge < -0.3 is 23.4 Å². The van der Waals surface area contributed by atoms with Crippen LogP contribution in [0.3, 0.4) is 0 Å². The number of carbonyl (C=O) groups excluding carboxylic acids is 1. The van der Waals surface area contributed by atoms with Gasteiger partial charge in [0.05, 0.1) is 19.6 Å². The van der Waals surface area contributed by atoms with Crippen molar-refractivity contribution >= 4 is 23.0 Å². The lowest BCUT2D eigenvalue weighted by Crippen LogP contribution is -2.06. The number of benzene rings is 3. The molecule has 0 atom stereocenters. The molecule has 0 amide bonds. The van der Waals surface area contributed by atoms with Crippen molar-refractivity contribution in [2.75, 3.05) is 14.2 Å². The van der Waals surface area contributed by atoms with Crippen molar-refractivity contribution < 1.29 is 28.2 Å². The van der Waals surface area contributed by atoms with Crippen molar-refractivity contribution in [1.82, 2.24) is 0 Å². The van der Waals surface area contributed by atoms with E-state index in [1.165, 1.54) is 43.2 Å². The van der Waals surface area contributed by atoms with E-state index in [0.29, 0.717) is 22.6 Å². The Balaban J connectivity index is 1.47. The highest BCUT2D eigenvalue weighted by atomic mass is 16.5.